The summed E-state index contributed by atoms with van der Waals surface area (Å²) in [6.07, 6.45) is 8.67. The average Bonchev–Trinajstić information content (AvgIpc) is 2.86. The number of hydrogen-bond donors (Lipinski definition) is 1. The summed E-state index contributed by atoms with van der Waals surface area (Å²) in [6, 6.07) is 3.62. The number of nitrogens with one attached hydrogen (secondary N) is 1. The Morgan fingerprint density at radius 1 is 1.26 bits per heavy atom. The molecule has 0 heterocycles. The smallest absolute Gasteiger partial charge is 0.341 e. The van der Waals surface area contributed by atoms with Gasteiger partial charge in [-0.1, -0.05) is 19.9 Å². The lowest BCUT2D eigenvalue weighted by atomic mass is 10.1. The van der Waals surface area contributed by atoms with E-state index in [1.54, 1.807) is 6.07 Å². The number of carbonyl (C=O) groups is 1. The molecule has 0 aromatic heterocycles. The summed E-state index contributed by atoms with van der Waals surface area (Å²) in [5.74, 6) is 0.249. The molecule has 0 amide bonds. The van der Waals surface area contributed by atoms with E-state index in [-0.39, 0.29) is 12.1 Å². The number of methoxy groups -OCH3 is 1. The van der Waals surface area contributed by atoms with E-state index in [0.717, 1.165) is 30.5 Å². The second kappa shape index (κ2) is 9.93. The third-order valence-corrected chi connectivity index (χ3v) is 3.81. The number of rotatable bonds is 4. The van der Waals surface area contributed by atoms with Crippen molar-refractivity contribution in [2.75, 3.05) is 19.5 Å². The monoisotopic (exact) mass is 319 g/mol. The van der Waals surface area contributed by atoms with Gasteiger partial charge in [0.2, 0.25) is 0 Å². The highest BCUT2D eigenvalue weighted by atomic mass is 16.5. The van der Waals surface area contributed by atoms with Crippen LogP contribution in [0.15, 0.2) is 24.3 Å². The molecule has 0 bridgehead atoms. The maximum Gasteiger partial charge on any atom is 0.341 e. The summed E-state index contributed by atoms with van der Waals surface area (Å²) in [7, 11) is 3.24. The van der Waals surface area contributed by atoms with E-state index in [4.69, 9.17) is 9.47 Å². The molecule has 0 saturated heterocycles. The van der Waals surface area contributed by atoms with Crippen LogP contribution in [0.1, 0.15) is 55.5 Å². The van der Waals surface area contributed by atoms with Gasteiger partial charge in [-0.25, -0.2) is 4.79 Å². The molecule has 0 saturated carbocycles. The maximum atomic E-state index is 12.0. The van der Waals surface area contributed by atoms with Crippen molar-refractivity contribution < 1.29 is 14.3 Å². The van der Waals surface area contributed by atoms with Crippen LogP contribution >= 0.6 is 0 Å². The average molecular weight is 319 g/mol. The van der Waals surface area contributed by atoms with Crippen molar-refractivity contribution >= 4 is 11.7 Å². The summed E-state index contributed by atoms with van der Waals surface area (Å²) in [5, 5.41) is 3.12. The molecule has 1 atom stereocenters. The highest BCUT2D eigenvalue weighted by molar-refractivity contribution is 5.94. The molecule has 1 N–H and O–H groups in total. The maximum absolute atomic E-state index is 12.0. The summed E-state index contributed by atoms with van der Waals surface area (Å²) in [4.78, 5) is 12.0. The Balaban J connectivity index is 0.00000127. The fourth-order valence-corrected chi connectivity index (χ4v) is 2.59. The Hall–Kier alpha value is -1.97. The van der Waals surface area contributed by atoms with Crippen LogP contribution in [0, 0.1) is 6.92 Å². The quantitative estimate of drug-likeness (QED) is 0.644. The molecule has 4 heteroatoms. The number of esters is 1. The second-order valence-electron chi connectivity index (χ2n) is 5.23. The summed E-state index contributed by atoms with van der Waals surface area (Å²) < 4.78 is 11.0. The molecule has 23 heavy (non-hydrogen) atoms. The van der Waals surface area contributed by atoms with Crippen molar-refractivity contribution in [3.8, 4) is 5.75 Å². The number of ether oxygens (including phenoxy) is 2. The number of benzene rings is 1. The molecule has 1 aromatic rings. The summed E-state index contributed by atoms with van der Waals surface area (Å²) >= 11 is 0. The molecular weight excluding hydrogens is 290 g/mol. The van der Waals surface area contributed by atoms with Crippen molar-refractivity contribution in [1.82, 2.24) is 0 Å². The van der Waals surface area contributed by atoms with E-state index >= 15 is 0 Å². The largest absolute Gasteiger partial charge is 0.485 e. The molecule has 0 radical (unpaired) electrons. The fourth-order valence-electron chi connectivity index (χ4n) is 2.59. The lowest BCUT2D eigenvalue weighted by Crippen LogP contribution is -2.17. The molecule has 0 fully saturated rings. The van der Waals surface area contributed by atoms with Gasteiger partial charge in [-0.15, -0.1) is 0 Å². The first-order valence-electron chi connectivity index (χ1n) is 8.40. The second-order valence-corrected chi connectivity index (χ2v) is 5.23. The molecule has 0 spiro atoms. The normalized spacial score (nSPS) is 16.7. The minimum Gasteiger partial charge on any atom is -0.485 e. The van der Waals surface area contributed by atoms with Crippen LogP contribution in [0.4, 0.5) is 5.69 Å². The van der Waals surface area contributed by atoms with Gasteiger partial charge in [0.05, 0.1) is 7.11 Å². The fraction of sp³-hybridized carbons (Fsp3) is 0.526. The first-order valence-corrected chi connectivity index (χ1v) is 8.40. The van der Waals surface area contributed by atoms with E-state index in [1.165, 1.54) is 13.5 Å². The Bertz CT molecular complexity index is 538. The van der Waals surface area contributed by atoms with Crippen LogP contribution < -0.4 is 10.1 Å². The Morgan fingerprint density at radius 2 is 2.00 bits per heavy atom. The highest BCUT2D eigenvalue weighted by Gasteiger charge is 2.20. The van der Waals surface area contributed by atoms with Crippen molar-refractivity contribution in [2.24, 2.45) is 0 Å². The predicted molar refractivity (Wildman–Crippen MR) is 95.4 cm³/mol. The lowest BCUT2D eigenvalue weighted by molar-refractivity contribution is 0.0594. The van der Waals surface area contributed by atoms with Crippen molar-refractivity contribution in [2.45, 2.75) is 52.6 Å². The highest BCUT2D eigenvalue weighted by Crippen LogP contribution is 2.32. The zero-order valence-corrected chi connectivity index (χ0v) is 14.9. The minimum atomic E-state index is -0.367. The molecule has 128 valence electrons. The van der Waals surface area contributed by atoms with Gasteiger partial charge in [-0.05, 0) is 50.8 Å². The number of allylic oxidation sites excluding steroid dienone is 1. The van der Waals surface area contributed by atoms with Crippen molar-refractivity contribution in [1.29, 1.82) is 0 Å². The topological polar surface area (TPSA) is 47.6 Å². The standard InChI is InChI=1S/C17H23NO3.C2H6/c1-12-15(18-2)11-10-14(17(19)20-3)16(12)21-13-8-6-4-5-7-9-13;1-2/h6,8,10-11,13,18H,4-5,7,9H2,1-3H3;1-2H3. The SMILES string of the molecule is CC.CNc1ccc(C(=O)OC)c(OC2C=CCCCC2)c1C. The molecular formula is C19H29NO3. The van der Waals surface area contributed by atoms with E-state index in [0.29, 0.717) is 11.3 Å². The Kier molecular flexibility index (Phi) is 8.23. The van der Waals surface area contributed by atoms with E-state index in [1.807, 2.05) is 33.9 Å². The third kappa shape index (κ3) is 5.02. The van der Waals surface area contributed by atoms with E-state index in [9.17, 15) is 4.79 Å². The third-order valence-electron chi connectivity index (χ3n) is 3.81. The molecule has 4 nitrogen and oxygen atoms in total. The Labute approximate surface area is 139 Å². The van der Waals surface area contributed by atoms with Crippen molar-refractivity contribution in [3.05, 3.63) is 35.4 Å². The van der Waals surface area contributed by atoms with Crippen LogP contribution in [0.2, 0.25) is 0 Å². The number of carbonyl (C=O) groups excluding carboxylic acids is 1. The van der Waals surface area contributed by atoms with E-state index < -0.39 is 0 Å². The van der Waals surface area contributed by atoms with Gasteiger partial charge in [-0.3, -0.25) is 0 Å². The van der Waals surface area contributed by atoms with E-state index in [2.05, 4.69) is 17.5 Å². The first kappa shape index (κ1) is 19.1. The molecule has 1 aliphatic carbocycles. The number of anilines is 1. The predicted octanol–water partition coefficient (Wildman–Crippen LogP) is 4.73. The van der Waals surface area contributed by atoms with Crippen molar-refractivity contribution in [3.63, 3.8) is 0 Å². The van der Waals surface area contributed by atoms with Gasteiger partial charge >= 0.3 is 5.97 Å². The zero-order chi connectivity index (χ0) is 17.2. The number of hydrogen-bond acceptors (Lipinski definition) is 4. The van der Waals surface area contributed by atoms with Gasteiger partial charge in [0.15, 0.2) is 0 Å². The zero-order valence-electron chi connectivity index (χ0n) is 14.9. The molecule has 1 aromatic carbocycles. The summed E-state index contributed by atoms with van der Waals surface area (Å²) in [6.45, 7) is 5.95. The molecule has 0 aliphatic heterocycles. The van der Waals surface area contributed by atoms with Gasteiger partial charge in [0.1, 0.15) is 17.4 Å². The molecule has 1 aliphatic rings. The molecule has 2 rings (SSSR count). The minimum absolute atomic E-state index is 0.0155. The van der Waals surface area contributed by atoms with Gasteiger partial charge in [-0.2, -0.15) is 0 Å². The van der Waals surface area contributed by atoms with Gasteiger partial charge in [0.25, 0.3) is 0 Å². The van der Waals surface area contributed by atoms with Crippen LogP contribution in [0.5, 0.6) is 5.75 Å². The van der Waals surface area contributed by atoms with Gasteiger partial charge in [0, 0.05) is 18.3 Å². The molecule has 1 unspecified atom stereocenters. The first-order chi connectivity index (χ1) is 11.2. The Morgan fingerprint density at radius 3 is 2.65 bits per heavy atom. The van der Waals surface area contributed by atoms with Gasteiger partial charge < -0.3 is 14.8 Å². The summed E-state index contributed by atoms with van der Waals surface area (Å²) in [5.41, 5.74) is 2.36. The van der Waals surface area contributed by atoms with Crippen LogP contribution in [0.25, 0.3) is 0 Å². The lowest BCUT2D eigenvalue weighted by Gasteiger charge is -2.20. The van der Waals surface area contributed by atoms with Crippen LogP contribution in [-0.4, -0.2) is 26.2 Å². The van der Waals surface area contributed by atoms with Crippen LogP contribution in [0.3, 0.4) is 0 Å². The van der Waals surface area contributed by atoms with Crippen LogP contribution in [-0.2, 0) is 4.74 Å².